The highest BCUT2D eigenvalue weighted by molar-refractivity contribution is 5.92. The zero-order valence-corrected chi connectivity index (χ0v) is 7.18. The van der Waals surface area contributed by atoms with Crippen molar-refractivity contribution >= 4 is 11.9 Å². The van der Waals surface area contributed by atoms with Crippen LogP contribution in [0.15, 0.2) is 12.7 Å². The Bertz CT molecular complexity index is 274. The summed E-state index contributed by atoms with van der Waals surface area (Å²) in [4.78, 5) is 20.9. The number of alkyl halides is 3. The highest BCUT2D eigenvalue weighted by Crippen LogP contribution is 2.30. The number of amides is 1. The van der Waals surface area contributed by atoms with Crippen LogP contribution < -0.4 is 5.32 Å². The number of halogens is 3. The first-order chi connectivity index (χ1) is 6.15. The molecule has 0 heterocycles. The lowest BCUT2D eigenvalue weighted by Gasteiger charge is -2.27. The zero-order chi connectivity index (χ0) is 11.6. The molecule has 0 aliphatic rings. The minimum Gasteiger partial charge on any atom is -0.479 e. The van der Waals surface area contributed by atoms with E-state index in [0.717, 1.165) is 0 Å². The number of nitrogens with one attached hydrogen (secondary N) is 1. The van der Waals surface area contributed by atoms with Gasteiger partial charge in [-0.2, -0.15) is 13.2 Å². The number of carboxylic acids is 1. The maximum Gasteiger partial charge on any atom is 0.422 e. The molecule has 0 rings (SSSR count). The van der Waals surface area contributed by atoms with Gasteiger partial charge in [0.05, 0.1) is 0 Å². The highest BCUT2D eigenvalue weighted by atomic mass is 19.4. The van der Waals surface area contributed by atoms with Gasteiger partial charge in [0.1, 0.15) is 0 Å². The molecule has 0 aromatic carbocycles. The van der Waals surface area contributed by atoms with E-state index in [0.29, 0.717) is 13.0 Å². The first-order valence-electron chi connectivity index (χ1n) is 3.40. The summed E-state index contributed by atoms with van der Waals surface area (Å²) in [6.07, 6.45) is -4.51. The van der Waals surface area contributed by atoms with Gasteiger partial charge in [-0.25, -0.2) is 4.79 Å². The third-order valence-corrected chi connectivity index (χ3v) is 1.55. The van der Waals surface area contributed by atoms with Gasteiger partial charge >= 0.3 is 12.1 Å². The predicted octanol–water partition coefficient (Wildman–Crippen LogP) is 0.694. The molecule has 0 spiro atoms. The summed E-state index contributed by atoms with van der Waals surface area (Å²) in [7, 11) is 0. The number of rotatable bonds is 3. The van der Waals surface area contributed by atoms with Gasteiger partial charge in [-0.1, -0.05) is 6.58 Å². The van der Waals surface area contributed by atoms with E-state index in [1.807, 2.05) is 0 Å². The number of carbonyl (C=O) groups is 2. The van der Waals surface area contributed by atoms with E-state index in [2.05, 4.69) is 6.58 Å². The van der Waals surface area contributed by atoms with Crippen molar-refractivity contribution in [2.75, 3.05) is 0 Å². The largest absolute Gasteiger partial charge is 0.479 e. The minimum atomic E-state index is -5.07. The van der Waals surface area contributed by atoms with E-state index in [4.69, 9.17) is 5.11 Å². The lowest BCUT2D eigenvalue weighted by Crippen LogP contribution is -2.61. The van der Waals surface area contributed by atoms with Crippen LogP contribution in [0.5, 0.6) is 0 Å². The number of hydrogen-bond donors (Lipinski definition) is 2. The first kappa shape index (κ1) is 12.5. The van der Waals surface area contributed by atoms with Crippen molar-refractivity contribution < 1.29 is 27.9 Å². The molecule has 80 valence electrons. The Morgan fingerprint density at radius 3 is 2.07 bits per heavy atom. The van der Waals surface area contributed by atoms with Crippen molar-refractivity contribution in [1.29, 1.82) is 0 Å². The van der Waals surface area contributed by atoms with Gasteiger partial charge in [0.15, 0.2) is 0 Å². The second kappa shape index (κ2) is 3.69. The van der Waals surface area contributed by atoms with E-state index in [1.54, 1.807) is 0 Å². The van der Waals surface area contributed by atoms with Crippen LogP contribution in [-0.4, -0.2) is 28.7 Å². The van der Waals surface area contributed by atoms with Crippen molar-refractivity contribution in [3.05, 3.63) is 12.7 Å². The summed E-state index contributed by atoms with van der Waals surface area (Å²) < 4.78 is 36.7. The Balaban J connectivity index is 5.02. The fourth-order valence-corrected chi connectivity index (χ4v) is 0.543. The first-order valence-corrected chi connectivity index (χ1v) is 3.40. The van der Waals surface area contributed by atoms with Gasteiger partial charge in [0, 0.05) is 0 Å². The van der Waals surface area contributed by atoms with Crippen LogP contribution in [0.4, 0.5) is 13.2 Å². The summed E-state index contributed by atoms with van der Waals surface area (Å²) in [5.41, 5.74) is -3.29. The average molecular weight is 211 g/mol. The molecule has 0 saturated heterocycles. The van der Waals surface area contributed by atoms with Crippen LogP contribution in [0.2, 0.25) is 0 Å². The van der Waals surface area contributed by atoms with E-state index in [1.165, 1.54) is 5.32 Å². The molecule has 0 fully saturated rings. The van der Waals surface area contributed by atoms with Crippen LogP contribution >= 0.6 is 0 Å². The third kappa shape index (κ3) is 2.24. The van der Waals surface area contributed by atoms with E-state index in [-0.39, 0.29) is 0 Å². The fraction of sp³-hybridized carbons (Fsp3) is 0.429. The summed E-state index contributed by atoms with van der Waals surface area (Å²) in [6, 6.07) is 0. The molecule has 4 nitrogen and oxygen atoms in total. The van der Waals surface area contributed by atoms with Crippen LogP contribution in [0, 0.1) is 0 Å². The van der Waals surface area contributed by atoms with Crippen LogP contribution in [0.3, 0.4) is 0 Å². The maximum atomic E-state index is 12.2. The monoisotopic (exact) mass is 211 g/mol. The summed E-state index contributed by atoms with van der Waals surface area (Å²) >= 11 is 0. The molecule has 1 atom stereocenters. The second-order valence-corrected chi connectivity index (χ2v) is 2.62. The summed E-state index contributed by atoms with van der Waals surface area (Å²) in [5.74, 6) is -3.38. The Morgan fingerprint density at radius 2 is 1.86 bits per heavy atom. The molecule has 1 unspecified atom stereocenters. The molecule has 14 heavy (non-hydrogen) atoms. The molecule has 0 saturated carbocycles. The van der Waals surface area contributed by atoms with E-state index < -0.39 is 23.6 Å². The number of hydrogen-bond acceptors (Lipinski definition) is 2. The Hall–Kier alpha value is -1.53. The van der Waals surface area contributed by atoms with Gasteiger partial charge in [0.2, 0.25) is 11.4 Å². The van der Waals surface area contributed by atoms with Crippen LogP contribution in [-0.2, 0) is 9.59 Å². The van der Waals surface area contributed by atoms with Crippen molar-refractivity contribution in [1.82, 2.24) is 5.32 Å². The molecular formula is C7H8F3NO3. The standard InChI is InChI=1S/C7H8F3NO3/c1-3-4(12)11-6(2,5(13)14)7(8,9)10/h3H,1H2,2H3,(H,11,12)(H,13,14). The van der Waals surface area contributed by atoms with Crippen LogP contribution in [0.1, 0.15) is 6.92 Å². The number of carbonyl (C=O) groups excluding carboxylic acids is 1. The molecule has 0 aromatic heterocycles. The molecule has 2 N–H and O–H groups in total. The molecule has 0 bridgehead atoms. The van der Waals surface area contributed by atoms with Crippen molar-refractivity contribution in [2.45, 2.75) is 18.6 Å². The lowest BCUT2D eigenvalue weighted by molar-refractivity contribution is -0.206. The third-order valence-electron chi connectivity index (χ3n) is 1.55. The molecule has 0 aliphatic heterocycles. The summed E-state index contributed by atoms with van der Waals surface area (Å²) in [6.45, 7) is 3.27. The SMILES string of the molecule is C=CC(=O)NC(C)(C(=O)O)C(F)(F)F. The molecule has 0 aliphatic carbocycles. The van der Waals surface area contributed by atoms with Gasteiger partial charge in [-0.3, -0.25) is 4.79 Å². The van der Waals surface area contributed by atoms with Gasteiger partial charge < -0.3 is 10.4 Å². The predicted molar refractivity (Wildman–Crippen MR) is 40.4 cm³/mol. The fourth-order valence-electron chi connectivity index (χ4n) is 0.543. The van der Waals surface area contributed by atoms with Crippen molar-refractivity contribution in [2.24, 2.45) is 0 Å². The molecule has 0 aromatic rings. The molecule has 7 heteroatoms. The van der Waals surface area contributed by atoms with Gasteiger partial charge in [0.25, 0.3) is 0 Å². The Labute approximate surface area is 77.4 Å². The minimum absolute atomic E-state index is 0.358. The highest BCUT2D eigenvalue weighted by Gasteiger charge is 2.58. The number of carboxylic acid groups (broad SMARTS) is 1. The second-order valence-electron chi connectivity index (χ2n) is 2.62. The Kier molecular flexibility index (Phi) is 3.28. The molecule has 0 radical (unpaired) electrons. The summed E-state index contributed by atoms with van der Waals surface area (Å²) in [5, 5.41) is 9.64. The zero-order valence-electron chi connectivity index (χ0n) is 7.18. The maximum absolute atomic E-state index is 12.2. The normalized spacial score (nSPS) is 15.4. The van der Waals surface area contributed by atoms with Gasteiger partial charge in [-0.05, 0) is 13.0 Å². The van der Waals surface area contributed by atoms with Crippen LogP contribution in [0.25, 0.3) is 0 Å². The Morgan fingerprint density at radius 1 is 1.43 bits per heavy atom. The van der Waals surface area contributed by atoms with Crippen molar-refractivity contribution in [3.8, 4) is 0 Å². The van der Waals surface area contributed by atoms with E-state index in [9.17, 15) is 22.8 Å². The quantitative estimate of drug-likeness (QED) is 0.675. The van der Waals surface area contributed by atoms with Gasteiger partial charge in [-0.15, -0.1) is 0 Å². The molecule has 1 amide bonds. The smallest absolute Gasteiger partial charge is 0.422 e. The topological polar surface area (TPSA) is 66.4 Å². The van der Waals surface area contributed by atoms with E-state index >= 15 is 0 Å². The van der Waals surface area contributed by atoms with Crippen molar-refractivity contribution in [3.63, 3.8) is 0 Å². The number of aliphatic carboxylic acids is 1. The molecular weight excluding hydrogens is 203 g/mol. The average Bonchev–Trinajstić information content (AvgIpc) is 2.01. The lowest BCUT2D eigenvalue weighted by atomic mass is 10.0.